The average molecular weight is 387 g/mol. The van der Waals surface area contributed by atoms with Crippen LogP contribution in [0.5, 0.6) is 0 Å². The van der Waals surface area contributed by atoms with Gasteiger partial charge in [0.05, 0.1) is 12.4 Å². The van der Waals surface area contributed by atoms with Crippen molar-refractivity contribution in [3.05, 3.63) is 76.3 Å². The van der Waals surface area contributed by atoms with Crippen molar-refractivity contribution in [2.75, 3.05) is 7.05 Å². The molecule has 29 heavy (non-hydrogen) atoms. The summed E-state index contributed by atoms with van der Waals surface area (Å²) >= 11 is 0. The summed E-state index contributed by atoms with van der Waals surface area (Å²) in [5, 5.41) is 0.800. The second-order valence-electron chi connectivity index (χ2n) is 7.57. The number of amides is 1. The maximum atomic E-state index is 13.0. The highest BCUT2D eigenvalue weighted by molar-refractivity contribution is 6.01. The minimum absolute atomic E-state index is 0.0334. The molecule has 2 aromatic heterocycles. The number of hydrogen-bond donors (Lipinski definition) is 0. The number of likely N-dealkylation sites (N-methyl/N-ethyl adjacent to an activating group) is 1. The minimum Gasteiger partial charge on any atom is -0.448 e. The molecular weight excluding hydrogens is 366 g/mol. The number of nitrogens with zero attached hydrogens (tertiary/aromatic N) is 3. The molecule has 0 N–H and O–H groups in total. The largest absolute Gasteiger partial charge is 0.448 e. The summed E-state index contributed by atoms with van der Waals surface area (Å²) in [5.41, 5.74) is 3.50. The number of carbonyl (C=O) groups is 1. The fraction of sp³-hybridized carbons (Fsp3) is 0.261. The summed E-state index contributed by atoms with van der Waals surface area (Å²) in [7, 11) is 1.81. The number of aromatic nitrogens is 2. The van der Waals surface area contributed by atoms with Crippen molar-refractivity contribution in [3.63, 3.8) is 0 Å². The third kappa shape index (κ3) is 2.92. The van der Waals surface area contributed by atoms with E-state index in [1.54, 1.807) is 11.0 Å². The molecule has 1 amide bonds. The Hall–Kier alpha value is -3.41. The van der Waals surface area contributed by atoms with Gasteiger partial charge in [-0.15, -0.1) is 0 Å². The van der Waals surface area contributed by atoms with Crippen LogP contribution in [0.4, 0.5) is 0 Å². The van der Waals surface area contributed by atoms with Crippen molar-refractivity contribution in [2.45, 2.75) is 31.8 Å². The molecule has 2 aromatic carbocycles. The van der Waals surface area contributed by atoms with E-state index in [0.29, 0.717) is 11.1 Å². The highest BCUT2D eigenvalue weighted by atomic mass is 16.3. The van der Waals surface area contributed by atoms with Crippen molar-refractivity contribution in [2.24, 2.45) is 0 Å². The van der Waals surface area contributed by atoms with Crippen LogP contribution in [0.3, 0.4) is 0 Å². The van der Waals surface area contributed by atoms with E-state index in [1.807, 2.05) is 37.4 Å². The Morgan fingerprint density at radius 1 is 1.21 bits per heavy atom. The van der Waals surface area contributed by atoms with Gasteiger partial charge >= 0.3 is 0 Å². The van der Waals surface area contributed by atoms with Crippen molar-refractivity contribution >= 4 is 28.0 Å². The Morgan fingerprint density at radius 2 is 2.00 bits per heavy atom. The molecule has 0 saturated heterocycles. The fourth-order valence-corrected chi connectivity index (χ4v) is 4.29. The lowest BCUT2D eigenvalue weighted by atomic mass is 9.87. The Labute approximate surface area is 167 Å². The summed E-state index contributed by atoms with van der Waals surface area (Å²) < 4.78 is 7.04. The zero-order valence-corrected chi connectivity index (χ0v) is 16.2. The second-order valence-corrected chi connectivity index (χ2v) is 7.57. The zero-order chi connectivity index (χ0) is 20.0. The molecule has 4 aromatic rings. The Balaban J connectivity index is 1.45. The van der Waals surface area contributed by atoms with Crippen LogP contribution in [0.15, 0.2) is 64.1 Å². The topological polar surface area (TPSA) is 68.3 Å². The van der Waals surface area contributed by atoms with E-state index in [4.69, 9.17) is 4.42 Å². The lowest BCUT2D eigenvalue weighted by molar-refractivity contribution is -0.133. The maximum absolute atomic E-state index is 13.0. The molecule has 6 nitrogen and oxygen atoms in total. The van der Waals surface area contributed by atoms with Crippen molar-refractivity contribution in [1.29, 1.82) is 0 Å². The summed E-state index contributed by atoms with van der Waals surface area (Å²) in [5.74, 6) is -0.119. The monoisotopic (exact) mass is 387 g/mol. The summed E-state index contributed by atoms with van der Waals surface area (Å²) in [6.45, 7) is -0.0615. The minimum atomic E-state index is -0.336. The van der Waals surface area contributed by atoms with Crippen molar-refractivity contribution in [1.82, 2.24) is 14.5 Å². The maximum Gasteiger partial charge on any atom is 0.297 e. The van der Waals surface area contributed by atoms with Gasteiger partial charge in [0.15, 0.2) is 0 Å². The van der Waals surface area contributed by atoms with Gasteiger partial charge in [-0.05, 0) is 42.5 Å². The molecule has 0 fully saturated rings. The molecule has 2 heterocycles. The molecule has 0 saturated carbocycles. The summed E-state index contributed by atoms with van der Waals surface area (Å²) in [6.07, 6.45) is 4.45. The molecule has 1 atom stereocenters. The van der Waals surface area contributed by atoms with Gasteiger partial charge in [0.2, 0.25) is 11.5 Å². The zero-order valence-electron chi connectivity index (χ0n) is 16.2. The third-order valence-electron chi connectivity index (χ3n) is 5.85. The Kier molecular flexibility index (Phi) is 4.19. The van der Waals surface area contributed by atoms with E-state index in [-0.39, 0.29) is 29.6 Å². The first-order valence-electron chi connectivity index (χ1n) is 9.83. The summed E-state index contributed by atoms with van der Waals surface area (Å²) in [6, 6.07) is 15.7. The molecule has 1 aliphatic carbocycles. The predicted molar refractivity (Wildman–Crippen MR) is 111 cm³/mol. The molecule has 0 unspecified atom stereocenters. The number of hydrogen-bond acceptors (Lipinski definition) is 4. The first-order valence-corrected chi connectivity index (χ1v) is 9.83. The SMILES string of the molecule is CN(C(=O)Cn1cnc2c(oc3ccccc32)c1=O)[C@H]1CCCc2ccccc21. The third-order valence-corrected chi connectivity index (χ3v) is 5.85. The van der Waals surface area contributed by atoms with Crippen LogP contribution in [0.1, 0.15) is 30.0 Å². The van der Waals surface area contributed by atoms with Gasteiger partial charge in [0.25, 0.3) is 5.56 Å². The Morgan fingerprint density at radius 3 is 2.90 bits per heavy atom. The molecule has 0 radical (unpaired) electrons. The van der Waals surface area contributed by atoms with Gasteiger partial charge in [-0.25, -0.2) is 4.98 Å². The second kappa shape index (κ2) is 6.88. The molecular formula is C23H21N3O3. The van der Waals surface area contributed by atoms with Gasteiger partial charge in [-0.2, -0.15) is 0 Å². The molecule has 0 spiro atoms. The molecule has 0 bridgehead atoms. The quantitative estimate of drug-likeness (QED) is 0.538. The standard InChI is InChI=1S/C23H21N3O3/c1-25(18-11-6-8-15-7-2-3-9-16(15)18)20(27)13-26-14-24-21-17-10-4-5-12-19(17)29-22(21)23(26)28/h2-5,7,9-10,12,14,18H,6,8,11,13H2,1H3/t18-/m0/s1. The van der Waals surface area contributed by atoms with Crippen LogP contribution in [0.25, 0.3) is 22.1 Å². The fourth-order valence-electron chi connectivity index (χ4n) is 4.29. The van der Waals surface area contributed by atoms with E-state index in [1.165, 1.54) is 22.0 Å². The normalized spacial score (nSPS) is 16.1. The van der Waals surface area contributed by atoms with Gasteiger partial charge in [0, 0.05) is 12.4 Å². The van der Waals surface area contributed by atoms with E-state index in [9.17, 15) is 9.59 Å². The smallest absolute Gasteiger partial charge is 0.297 e. The van der Waals surface area contributed by atoms with E-state index in [0.717, 1.165) is 24.6 Å². The van der Waals surface area contributed by atoms with E-state index >= 15 is 0 Å². The number of rotatable bonds is 3. The lowest BCUT2D eigenvalue weighted by Crippen LogP contribution is -2.37. The van der Waals surface area contributed by atoms with Crippen LogP contribution in [-0.4, -0.2) is 27.4 Å². The predicted octanol–water partition coefficient (Wildman–Crippen LogP) is 3.68. The first kappa shape index (κ1) is 17.7. The van der Waals surface area contributed by atoms with Crippen LogP contribution < -0.4 is 5.56 Å². The number of aryl methyl sites for hydroxylation is 1. The number of furan rings is 1. The number of carbonyl (C=O) groups excluding carboxylic acids is 1. The number of fused-ring (bicyclic) bond motifs is 4. The molecule has 1 aliphatic rings. The number of benzene rings is 2. The van der Waals surface area contributed by atoms with Gasteiger partial charge in [-0.1, -0.05) is 36.4 Å². The van der Waals surface area contributed by atoms with Crippen LogP contribution in [-0.2, 0) is 17.8 Å². The van der Waals surface area contributed by atoms with Crippen LogP contribution in [0, 0.1) is 0 Å². The van der Waals surface area contributed by atoms with E-state index in [2.05, 4.69) is 17.1 Å². The summed E-state index contributed by atoms with van der Waals surface area (Å²) in [4.78, 5) is 32.0. The van der Waals surface area contributed by atoms with Crippen LogP contribution >= 0.6 is 0 Å². The van der Waals surface area contributed by atoms with Gasteiger partial charge in [0.1, 0.15) is 17.6 Å². The van der Waals surface area contributed by atoms with Crippen LogP contribution in [0.2, 0.25) is 0 Å². The average Bonchev–Trinajstić information content (AvgIpc) is 3.14. The number of para-hydroxylation sites is 1. The first-order chi connectivity index (χ1) is 14.1. The molecule has 0 aliphatic heterocycles. The molecule has 5 rings (SSSR count). The highest BCUT2D eigenvalue weighted by Crippen LogP contribution is 2.33. The van der Waals surface area contributed by atoms with Gasteiger partial charge in [-0.3, -0.25) is 14.2 Å². The molecule has 6 heteroatoms. The van der Waals surface area contributed by atoms with Gasteiger partial charge < -0.3 is 9.32 Å². The van der Waals surface area contributed by atoms with E-state index < -0.39 is 0 Å². The lowest BCUT2D eigenvalue weighted by Gasteiger charge is -2.33. The van der Waals surface area contributed by atoms with Crippen molar-refractivity contribution in [3.8, 4) is 0 Å². The van der Waals surface area contributed by atoms with Crippen molar-refractivity contribution < 1.29 is 9.21 Å². The Bertz CT molecular complexity index is 1290. The molecule has 146 valence electrons. The highest BCUT2D eigenvalue weighted by Gasteiger charge is 2.27.